The van der Waals surface area contributed by atoms with E-state index in [1.165, 1.54) is 34.8 Å². The fraction of sp³-hybridized carbons (Fsp3) is 0.269. The summed E-state index contributed by atoms with van der Waals surface area (Å²) in [6, 6.07) is 1.45. The van der Waals surface area contributed by atoms with E-state index in [0.717, 1.165) is 6.08 Å². The highest BCUT2D eigenvalue weighted by atomic mass is 35.5. The number of allylic oxidation sites excluding steroid dienone is 2. The highest BCUT2D eigenvalue weighted by Gasteiger charge is 2.26. The molecule has 4 N–H and O–H groups in total. The van der Waals surface area contributed by atoms with Gasteiger partial charge in [-0.05, 0) is 12.0 Å². The monoisotopic (exact) mass is 585 g/mol. The van der Waals surface area contributed by atoms with Crippen LogP contribution >= 0.6 is 11.6 Å². The van der Waals surface area contributed by atoms with Gasteiger partial charge >= 0.3 is 0 Å². The lowest BCUT2D eigenvalue weighted by Gasteiger charge is -2.28. The van der Waals surface area contributed by atoms with E-state index in [9.17, 15) is 28.3 Å². The molecule has 1 unspecified atom stereocenters. The molecule has 1 aliphatic heterocycles. The first kappa shape index (κ1) is 27.8. The van der Waals surface area contributed by atoms with Crippen LogP contribution < -0.4 is 21.5 Å². The average Bonchev–Trinajstić information content (AvgIpc) is 3.23. The van der Waals surface area contributed by atoms with E-state index in [1.807, 2.05) is 0 Å². The lowest BCUT2D eigenvalue weighted by Crippen LogP contribution is -2.37. The van der Waals surface area contributed by atoms with Crippen molar-refractivity contribution < 1.29 is 28.2 Å². The number of hydrogen-bond donors (Lipinski definition) is 3. The van der Waals surface area contributed by atoms with Gasteiger partial charge in [-0.2, -0.15) is 8.78 Å². The molecular weight excluding hydrogens is 564 g/mol. The number of anilines is 2. The molecule has 2 aliphatic rings. The van der Waals surface area contributed by atoms with E-state index in [-0.39, 0.29) is 33.1 Å². The molecule has 1 atom stereocenters. The summed E-state index contributed by atoms with van der Waals surface area (Å²) in [5, 5.41) is 12.3. The van der Waals surface area contributed by atoms with Crippen molar-refractivity contribution in [2.75, 3.05) is 36.5 Å². The minimum absolute atomic E-state index is 0.00749. The highest BCUT2D eigenvalue weighted by molar-refractivity contribution is 6.33. The van der Waals surface area contributed by atoms with Crippen LogP contribution in [0.1, 0.15) is 11.5 Å². The number of carbonyl (C=O) groups is 2. The number of aliphatic hydroxyl groups is 1. The fourth-order valence-corrected chi connectivity index (χ4v) is 4.64. The van der Waals surface area contributed by atoms with Crippen LogP contribution in [0.2, 0.25) is 5.02 Å². The van der Waals surface area contributed by atoms with Crippen molar-refractivity contribution in [3.05, 3.63) is 68.7 Å². The van der Waals surface area contributed by atoms with Gasteiger partial charge in [0.1, 0.15) is 23.0 Å². The van der Waals surface area contributed by atoms with E-state index in [4.69, 9.17) is 22.1 Å². The predicted octanol–water partition coefficient (Wildman–Crippen LogP) is 1.65. The van der Waals surface area contributed by atoms with Crippen LogP contribution in [0, 0.1) is 17.8 Å². The molecule has 212 valence electrons. The Balaban J connectivity index is 1.51. The third-order valence-corrected chi connectivity index (χ3v) is 6.89. The lowest BCUT2D eigenvalue weighted by molar-refractivity contribution is -0.117. The van der Waals surface area contributed by atoms with Gasteiger partial charge in [0.05, 0.1) is 42.1 Å². The molecule has 12 nitrogen and oxygen atoms in total. The van der Waals surface area contributed by atoms with Crippen LogP contribution in [-0.2, 0) is 27.9 Å². The van der Waals surface area contributed by atoms with Crippen molar-refractivity contribution in [3.63, 3.8) is 0 Å². The molecule has 1 aliphatic carbocycles. The number of amides is 2. The van der Waals surface area contributed by atoms with Crippen LogP contribution in [0.25, 0.3) is 11.0 Å². The molecule has 1 fully saturated rings. The zero-order chi connectivity index (χ0) is 29.4. The summed E-state index contributed by atoms with van der Waals surface area (Å²) in [6.07, 6.45) is 3.79. The van der Waals surface area contributed by atoms with Gasteiger partial charge in [-0.3, -0.25) is 14.4 Å². The Morgan fingerprint density at radius 3 is 2.76 bits per heavy atom. The molecule has 4 heterocycles. The first-order valence-electron chi connectivity index (χ1n) is 12.2. The number of rotatable bonds is 6. The molecule has 3 aromatic rings. The number of nitrogens with one attached hydrogen (secondary N) is 1. The van der Waals surface area contributed by atoms with Crippen LogP contribution in [0.15, 0.2) is 46.6 Å². The molecular formula is C26H22ClF2N7O5. The number of halogens is 3. The quantitative estimate of drug-likeness (QED) is 0.291. The maximum Gasteiger partial charge on any atom is 0.262 e. The van der Waals surface area contributed by atoms with E-state index < -0.39 is 52.9 Å². The lowest BCUT2D eigenvalue weighted by atomic mass is 9.97. The number of nitrogens with two attached hydrogens (primary N) is 1. The number of fused-ring (bicyclic) bond motifs is 1. The molecule has 0 bridgehead atoms. The van der Waals surface area contributed by atoms with Gasteiger partial charge in [0.15, 0.2) is 5.76 Å². The smallest absolute Gasteiger partial charge is 0.262 e. The molecule has 1 saturated heterocycles. The SMILES string of the molecule is Cn1cnc2c(c(C3C#CC(F)=C(O)C(C(N)=O)=C3)cn2CC(=O)Nc2cc(N3CCOCC3)nc(F)c2Cl)c1=O. The summed E-state index contributed by atoms with van der Waals surface area (Å²) in [6.45, 7) is 1.44. The number of primary amides is 1. The summed E-state index contributed by atoms with van der Waals surface area (Å²) in [5.74, 6) is -1.10. The van der Waals surface area contributed by atoms with Gasteiger partial charge in [-0.25, -0.2) is 9.97 Å². The Labute approximate surface area is 235 Å². The van der Waals surface area contributed by atoms with E-state index in [2.05, 4.69) is 27.1 Å². The Morgan fingerprint density at radius 2 is 2.05 bits per heavy atom. The van der Waals surface area contributed by atoms with Gasteiger partial charge in [0.2, 0.25) is 17.7 Å². The number of hydrogen-bond acceptors (Lipinski definition) is 8. The first-order chi connectivity index (χ1) is 19.5. The van der Waals surface area contributed by atoms with Gasteiger partial charge in [-0.15, -0.1) is 0 Å². The number of aryl methyl sites for hydroxylation is 1. The first-order valence-corrected chi connectivity index (χ1v) is 12.6. The highest BCUT2D eigenvalue weighted by Crippen LogP contribution is 2.31. The Kier molecular flexibility index (Phi) is 7.48. The van der Waals surface area contributed by atoms with Crippen molar-refractivity contribution in [2.45, 2.75) is 12.5 Å². The van der Waals surface area contributed by atoms with Gasteiger partial charge in [-0.1, -0.05) is 17.5 Å². The molecule has 0 aromatic carbocycles. The number of pyridine rings is 1. The minimum Gasteiger partial charge on any atom is -0.504 e. The number of nitrogens with zero attached hydrogens (tertiary/aromatic N) is 5. The topological polar surface area (TPSA) is 158 Å². The second kappa shape index (κ2) is 11.0. The second-order valence-corrected chi connectivity index (χ2v) is 9.58. The summed E-state index contributed by atoms with van der Waals surface area (Å²) < 4.78 is 36.6. The maximum absolute atomic E-state index is 14.5. The zero-order valence-corrected chi connectivity index (χ0v) is 22.2. The summed E-state index contributed by atoms with van der Waals surface area (Å²) in [4.78, 5) is 48.0. The molecule has 0 radical (unpaired) electrons. The number of aromatic nitrogens is 4. The number of ether oxygens (including phenoxy) is 1. The Hall–Kier alpha value is -4.74. The third-order valence-electron chi connectivity index (χ3n) is 6.53. The molecule has 15 heteroatoms. The maximum atomic E-state index is 14.5. The van der Waals surface area contributed by atoms with Crippen molar-refractivity contribution in [3.8, 4) is 11.8 Å². The van der Waals surface area contributed by atoms with Crippen LogP contribution in [0.3, 0.4) is 0 Å². The predicted molar refractivity (Wildman–Crippen MR) is 144 cm³/mol. The Bertz CT molecular complexity index is 1780. The molecule has 0 spiro atoms. The minimum atomic E-state index is -1.26. The van der Waals surface area contributed by atoms with Crippen LogP contribution in [0.4, 0.5) is 20.3 Å². The number of carbonyl (C=O) groups excluding carboxylic acids is 2. The number of morpholine rings is 1. The summed E-state index contributed by atoms with van der Waals surface area (Å²) in [7, 11) is 1.46. The Morgan fingerprint density at radius 1 is 1.32 bits per heavy atom. The molecule has 0 saturated carbocycles. The summed E-state index contributed by atoms with van der Waals surface area (Å²) in [5.41, 5.74) is 4.55. The number of aliphatic hydroxyl groups excluding tert-OH is 1. The molecule has 3 aromatic heterocycles. The van der Waals surface area contributed by atoms with Crippen LogP contribution in [-0.4, -0.2) is 62.3 Å². The van der Waals surface area contributed by atoms with Gasteiger partial charge in [0, 0.05) is 38.0 Å². The van der Waals surface area contributed by atoms with Crippen LogP contribution in [0.5, 0.6) is 0 Å². The summed E-state index contributed by atoms with van der Waals surface area (Å²) >= 11 is 6.10. The molecule has 41 heavy (non-hydrogen) atoms. The average molecular weight is 586 g/mol. The van der Waals surface area contributed by atoms with Gasteiger partial charge < -0.3 is 34.9 Å². The molecule has 2 amide bonds. The van der Waals surface area contributed by atoms with Crippen molar-refractivity contribution in [2.24, 2.45) is 12.8 Å². The normalized spacial score (nSPS) is 17.1. The van der Waals surface area contributed by atoms with Crippen molar-refractivity contribution in [1.82, 2.24) is 19.1 Å². The second-order valence-electron chi connectivity index (χ2n) is 9.21. The van der Waals surface area contributed by atoms with Gasteiger partial charge in [0.25, 0.3) is 11.5 Å². The fourth-order valence-electron chi connectivity index (χ4n) is 4.50. The van der Waals surface area contributed by atoms with Crippen molar-refractivity contribution in [1.29, 1.82) is 0 Å². The van der Waals surface area contributed by atoms with E-state index in [1.54, 1.807) is 4.90 Å². The van der Waals surface area contributed by atoms with E-state index >= 15 is 0 Å². The standard InChI is InChI=1S/C26H22ClF2N7O5/c1-34-12-31-25-20(26(34)40)15(13-2-3-16(28)22(38)14(8-13)24(30)39)10-36(25)11-19(37)32-17-9-18(33-23(29)21(17)27)35-4-6-41-7-5-35/h8-10,12-13,38H,4-7,11H2,1H3,(H2,30,39)(H,32,33,37). The van der Waals surface area contributed by atoms with Crippen molar-refractivity contribution >= 4 is 46.0 Å². The largest absolute Gasteiger partial charge is 0.504 e. The third kappa shape index (κ3) is 5.37. The van der Waals surface area contributed by atoms with E-state index in [0.29, 0.717) is 26.3 Å². The zero-order valence-electron chi connectivity index (χ0n) is 21.4. The molecule has 5 rings (SSSR count).